The Balaban J connectivity index is 2.47. The fourth-order valence-electron chi connectivity index (χ4n) is 1.55. The average Bonchev–Trinajstić information content (AvgIpc) is 2.85. The highest BCUT2D eigenvalue weighted by molar-refractivity contribution is 6.77. The largest absolute Gasteiger partial charge is 0.469 e. The number of rotatable bonds is 5. The second kappa shape index (κ2) is 4.44. The van der Waals surface area contributed by atoms with E-state index in [1.54, 1.807) is 0 Å². The van der Waals surface area contributed by atoms with E-state index in [0.717, 1.165) is 13.0 Å². The number of hydrogen-bond donors (Lipinski definition) is 0. The normalized spacial score (nSPS) is 23.0. The molecule has 3 nitrogen and oxygen atoms in total. The maximum absolute atomic E-state index is 11.2. The summed E-state index contributed by atoms with van der Waals surface area (Å²) in [4.78, 5) is 11.2. The third kappa shape index (κ3) is 3.80. The standard InChI is InChI=1S/C10H20O3Si/c1-12-10(11)6-9(14(2,3)4)5-8-7-13-8/h8-9H,5-7H2,1-4H3/t8-,9-/m1/s1. The molecule has 0 bridgehead atoms. The molecule has 0 unspecified atom stereocenters. The van der Waals surface area contributed by atoms with Crippen LogP contribution >= 0.6 is 0 Å². The van der Waals surface area contributed by atoms with Gasteiger partial charge >= 0.3 is 5.97 Å². The number of carbonyl (C=O) groups excluding carboxylic acids is 1. The van der Waals surface area contributed by atoms with E-state index in [2.05, 4.69) is 19.6 Å². The van der Waals surface area contributed by atoms with Gasteiger partial charge in [-0.3, -0.25) is 4.79 Å². The smallest absolute Gasteiger partial charge is 0.305 e. The lowest BCUT2D eigenvalue weighted by Gasteiger charge is -2.27. The van der Waals surface area contributed by atoms with Crippen LogP contribution in [0.1, 0.15) is 12.8 Å². The maximum atomic E-state index is 11.2. The van der Waals surface area contributed by atoms with E-state index >= 15 is 0 Å². The molecule has 0 aromatic carbocycles. The van der Waals surface area contributed by atoms with Gasteiger partial charge in [-0.1, -0.05) is 19.6 Å². The molecule has 1 aliphatic heterocycles. The second-order valence-corrected chi connectivity index (χ2v) is 10.6. The van der Waals surface area contributed by atoms with E-state index in [4.69, 9.17) is 9.47 Å². The van der Waals surface area contributed by atoms with Crippen LogP contribution in [0, 0.1) is 0 Å². The van der Waals surface area contributed by atoms with Gasteiger partial charge in [0.05, 0.1) is 19.8 Å². The Morgan fingerprint density at radius 3 is 2.50 bits per heavy atom. The topological polar surface area (TPSA) is 38.8 Å². The zero-order chi connectivity index (χ0) is 10.8. The van der Waals surface area contributed by atoms with Gasteiger partial charge in [0.2, 0.25) is 0 Å². The van der Waals surface area contributed by atoms with Gasteiger partial charge in [-0.2, -0.15) is 0 Å². The number of esters is 1. The van der Waals surface area contributed by atoms with Crippen molar-refractivity contribution < 1.29 is 14.3 Å². The predicted molar refractivity (Wildman–Crippen MR) is 58.1 cm³/mol. The molecule has 0 aromatic rings. The van der Waals surface area contributed by atoms with Crippen molar-refractivity contribution in [2.24, 2.45) is 0 Å². The molecule has 0 N–H and O–H groups in total. The van der Waals surface area contributed by atoms with Gasteiger partial charge in [0.25, 0.3) is 0 Å². The molecule has 0 aliphatic carbocycles. The molecule has 0 amide bonds. The van der Waals surface area contributed by atoms with E-state index in [1.165, 1.54) is 7.11 Å². The minimum absolute atomic E-state index is 0.0851. The fourth-order valence-corrected chi connectivity index (χ4v) is 3.30. The highest BCUT2D eigenvalue weighted by atomic mass is 28.3. The molecule has 1 aliphatic rings. The molecule has 0 saturated carbocycles. The van der Waals surface area contributed by atoms with Crippen LogP contribution in [-0.2, 0) is 14.3 Å². The van der Waals surface area contributed by atoms with Crippen LogP contribution in [-0.4, -0.2) is 33.9 Å². The summed E-state index contributed by atoms with van der Waals surface area (Å²) in [6.45, 7) is 7.76. The van der Waals surface area contributed by atoms with Gasteiger partial charge < -0.3 is 9.47 Å². The predicted octanol–water partition coefficient (Wildman–Crippen LogP) is 2.05. The molecule has 2 atom stereocenters. The molecule has 1 saturated heterocycles. The molecular weight excluding hydrogens is 196 g/mol. The second-order valence-electron chi connectivity index (χ2n) is 5.03. The van der Waals surface area contributed by atoms with Crippen LogP contribution in [0.3, 0.4) is 0 Å². The van der Waals surface area contributed by atoms with Gasteiger partial charge in [0, 0.05) is 14.5 Å². The van der Waals surface area contributed by atoms with Crippen LogP contribution < -0.4 is 0 Å². The first-order valence-corrected chi connectivity index (χ1v) is 8.69. The van der Waals surface area contributed by atoms with Crippen LogP contribution in [0.4, 0.5) is 0 Å². The number of methoxy groups -OCH3 is 1. The van der Waals surface area contributed by atoms with Gasteiger partial charge in [-0.15, -0.1) is 0 Å². The monoisotopic (exact) mass is 216 g/mol. The van der Waals surface area contributed by atoms with Crippen LogP contribution in [0.15, 0.2) is 0 Å². The summed E-state index contributed by atoms with van der Waals surface area (Å²) in [5.74, 6) is -0.0851. The first-order chi connectivity index (χ1) is 6.43. The quantitative estimate of drug-likeness (QED) is 0.401. The van der Waals surface area contributed by atoms with Gasteiger partial charge in [-0.05, 0) is 12.0 Å². The number of epoxide rings is 1. The van der Waals surface area contributed by atoms with Crippen molar-refractivity contribution in [2.45, 2.75) is 44.1 Å². The van der Waals surface area contributed by atoms with Crippen molar-refractivity contribution in [3.05, 3.63) is 0 Å². The van der Waals surface area contributed by atoms with Crippen LogP contribution in [0.25, 0.3) is 0 Å². The molecule has 0 aromatic heterocycles. The number of hydrogen-bond acceptors (Lipinski definition) is 3. The van der Waals surface area contributed by atoms with Crippen molar-refractivity contribution in [3.63, 3.8) is 0 Å². The van der Waals surface area contributed by atoms with Crippen molar-refractivity contribution >= 4 is 14.0 Å². The highest BCUT2D eigenvalue weighted by Crippen LogP contribution is 2.34. The van der Waals surface area contributed by atoms with Crippen molar-refractivity contribution in [2.75, 3.05) is 13.7 Å². The molecule has 82 valence electrons. The zero-order valence-electron chi connectivity index (χ0n) is 9.50. The lowest BCUT2D eigenvalue weighted by Crippen LogP contribution is -2.31. The minimum atomic E-state index is -1.27. The third-order valence-corrected chi connectivity index (χ3v) is 5.70. The number of carbonyl (C=O) groups is 1. The molecule has 1 rings (SSSR count). The third-order valence-electron chi connectivity index (χ3n) is 2.82. The van der Waals surface area contributed by atoms with Crippen molar-refractivity contribution in [3.8, 4) is 0 Å². The highest BCUT2D eigenvalue weighted by Gasteiger charge is 2.35. The van der Waals surface area contributed by atoms with Crippen molar-refractivity contribution in [1.82, 2.24) is 0 Å². The molecule has 14 heavy (non-hydrogen) atoms. The maximum Gasteiger partial charge on any atom is 0.305 e. The Labute approximate surface area is 86.8 Å². The van der Waals surface area contributed by atoms with Crippen LogP contribution in [0.5, 0.6) is 0 Å². The van der Waals surface area contributed by atoms with E-state index in [0.29, 0.717) is 18.1 Å². The fraction of sp³-hybridized carbons (Fsp3) is 0.900. The molecule has 1 heterocycles. The number of ether oxygens (including phenoxy) is 2. The van der Waals surface area contributed by atoms with E-state index in [-0.39, 0.29) is 5.97 Å². The summed E-state index contributed by atoms with van der Waals surface area (Å²) in [5, 5.41) is 0. The summed E-state index contributed by atoms with van der Waals surface area (Å²) in [7, 11) is 0.186. The SMILES string of the molecule is COC(=O)C[C@@H](C[C@@H]1CO1)[Si](C)(C)C. The Hall–Kier alpha value is -0.353. The molecule has 1 fully saturated rings. The lowest BCUT2D eigenvalue weighted by atomic mass is 10.2. The summed E-state index contributed by atoms with van der Waals surface area (Å²) in [6.07, 6.45) is 2.01. The Bertz CT molecular complexity index is 206. The van der Waals surface area contributed by atoms with Gasteiger partial charge in [-0.25, -0.2) is 0 Å². The van der Waals surface area contributed by atoms with Crippen molar-refractivity contribution in [1.29, 1.82) is 0 Å². The van der Waals surface area contributed by atoms with E-state index in [9.17, 15) is 4.79 Å². The first kappa shape index (κ1) is 11.7. The summed E-state index contributed by atoms with van der Waals surface area (Å²) >= 11 is 0. The zero-order valence-corrected chi connectivity index (χ0v) is 10.5. The van der Waals surface area contributed by atoms with Gasteiger partial charge in [0.15, 0.2) is 0 Å². The average molecular weight is 216 g/mol. The molecular formula is C10H20O3Si. The summed E-state index contributed by atoms with van der Waals surface area (Å²) in [6, 6.07) is 0. The first-order valence-electron chi connectivity index (χ1n) is 5.12. The molecule has 0 radical (unpaired) electrons. The molecule has 4 heteroatoms. The summed E-state index contributed by atoms with van der Waals surface area (Å²) < 4.78 is 9.94. The summed E-state index contributed by atoms with van der Waals surface area (Å²) in [5.41, 5.74) is 0.488. The Morgan fingerprint density at radius 2 is 2.14 bits per heavy atom. The molecule has 0 spiro atoms. The minimum Gasteiger partial charge on any atom is -0.469 e. The van der Waals surface area contributed by atoms with E-state index < -0.39 is 8.07 Å². The van der Waals surface area contributed by atoms with Crippen LogP contribution in [0.2, 0.25) is 25.2 Å². The lowest BCUT2D eigenvalue weighted by molar-refractivity contribution is -0.140. The Kier molecular flexibility index (Phi) is 3.72. The van der Waals surface area contributed by atoms with E-state index in [1.807, 2.05) is 0 Å². The van der Waals surface area contributed by atoms with Gasteiger partial charge in [0.1, 0.15) is 0 Å². The Morgan fingerprint density at radius 1 is 1.57 bits per heavy atom.